The molecule has 1 aromatic heterocycles. The number of imidazole rings is 1. The number of H-pyrrole nitrogens is 1. The number of aromatic nitrogens is 2. The van der Waals surface area contributed by atoms with Gasteiger partial charge in [0.1, 0.15) is 0 Å². The van der Waals surface area contributed by atoms with E-state index in [2.05, 4.69) is 16.9 Å². The van der Waals surface area contributed by atoms with Crippen molar-refractivity contribution in [2.45, 2.75) is 13.3 Å². The van der Waals surface area contributed by atoms with Crippen LogP contribution in [0.2, 0.25) is 0 Å². The monoisotopic (exact) mass is 272 g/mol. The van der Waals surface area contributed by atoms with Crippen LogP contribution in [0, 0.1) is 5.92 Å². The second-order valence-electron chi connectivity index (χ2n) is 5.83. The van der Waals surface area contributed by atoms with Gasteiger partial charge in [0.15, 0.2) is 0 Å². The molecule has 5 nitrogen and oxygen atoms in total. The van der Waals surface area contributed by atoms with Gasteiger partial charge in [0.05, 0.1) is 11.0 Å². The van der Waals surface area contributed by atoms with Gasteiger partial charge >= 0.3 is 0 Å². The van der Waals surface area contributed by atoms with E-state index in [1.165, 1.54) is 0 Å². The molecule has 1 saturated heterocycles. The van der Waals surface area contributed by atoms with Crippen molar-refractivity contribution in [3.8, 4) is 0 Å². The quantitative estimate of drug-likeness (QED) is 0.911. The summed E-state index contributed by atoms with van der Waals surface area (Å²) in [6.45, 7) is 3.92. The second kappa shape index (κ2) is 4.81. The Morgan fingerprint density at radius 2 is 2.25 bits per heavy atom. The highest BCUT2D eigenvalue weighted by Gasteiger charge is 2.24. The zero-order valence-electron chi connectivity index (χ0n) is 12.2. The largest absolute Gasteiger partial charge is 0.349 e. The Morgan fingerprint density at radius 1 is 1.45 bits per heavy atom. The number of anilines is 1. The average molecular weight is 272 g/mol. The molecule has 1 atom stereocenters. The third-order valence-electron chi connectivity index (χ3n) is 3.85. The van der Waals surface area contributed by atoms with Crippen LogP contribution < -0.4 is 4.90 Å². The topological polar surface area (TPSA) is 52.2 Å². The van der Waals surface area contributed by atoms with Gasteiger partial charge in [-0.2, -0.15) is 0 Å². The van der Waals surface area contributed by atoms with Crippen LogP contribution in [0.1, 0.15) is 23.7 Å². The van der Waals surface area contributed by atoms with Crippen molar-refractivity contribution >= 4 is 22.9 Å². The average Bonchev–Trinajstić information content (AvgIpc) is 3.02. The lowest BCUT2D eigenvalue weighted by Gasteiger charge is -2.15. The van der Waals surface area contributed by atoms with E-state index in [0.29, 0.717) is 5.92 Å². The standard InChI is InChI=1S/C15H20N4O/c1-10-6-7-19(9-10)14(20)11-4-5-12-13(8-11)17-15(16-12)18(2)3/h4-5,8,10H,6-7,9H2,1-3H3,(H,16,17). The van der Waals surface area contributed by atoms with Gasteiger partial charge in [0, 0.05) is 32.7 Å². The van der Waals surface area contributed by atoms with Crippen molar-refractivity contribution in [3.05, 3.63) is 23.8 Å². The summed E-state index contributed by atoms with van der Waals surface area (Å²) in [5, 5.41) is 0. The third-order valence-corrected chi connectivity index (χ3v) is 3.85. The molecule has 0 saturated carbocycles. The number of hydrogen-bond acceptors (Lipinski definition) is 3. The van der Waals surface area contributed by atoms with E-state index < -0.39 is 0 Å². The van der Waals surface area contributed by atoms with Crippen LogP contribution in [0.25, 0.3) is 11.0 Å². The van der Waals surface area contributed by atoms with E-state index in [-0.39, 0.29) is 5.91 Å². The molecule has 1 N–H and O–H groups in total. The molecule has 2 heterocycles. The number of rotatable bonds is 2. The van der Waals surface area contributed by atoms with E-state index in [4.69, 9.17) is 0 Å². The van der Waals surface area contributed by atoms with Gasteiger partial charge in [-0.15, -0.1) is 0 Å². The highest BCUT2D eigenvalue weighted by Crippen LogP contribution is 2.21. The summed E-state index contributed by atoms with van der Waals surface area (Å²) in [5.41, 5.74) is 2.53. The molecular formula is C15H20N4O. The zero-order chi connectivity index (χ0) is 14.3. The van der Waals surface area contributed by atoms with E-state index in [1.807, 2.05) is 42.1 Å². The minimum absolute atomic E-state index is 0.122. The molecule has 20 heavy (non-hydrogen) atoms. The van der Waals surface area contributed by atoms with Gasteiger partial charge < -0.3 is 14.8 Å². The van der Waals surface area contributed by atoms with Crippen LogP contribution >= 0.6 is 0 Å². The lowest BCUT2D eigenvalue weighted by molar-refractivity contribution is 0.0788. The summed E-state index contributed by atoms with van der Waals surface area (Å²) < 4.78 is 0. The number of fused-ring (bicyclic) bond motifs is 1. The molecule has 1 unspecified atom stereocenters. The van der Waals surface area contributed by atoms with E-state index in [9.17, 15) is 4.79 Å². The first-order valence-electron chi connectivity index (χ1n) is 7.01. The van der Waals surface area contributed by atoms with Crippen LogP contribution in [-0.4, -0.2) is 48.0 Å². The van der Waals surface area contributed by atoms with Crippen LogP contribution in [-0.2, 0) is 0 Å². The first-order chi connectivity index (χ1) is 9.54. The molecule has 3 rings (SSSR count). The van der Waals surface area contributed by atoms with Crippen LogP contribution in [0.4, 0.5) is 5.95 Å². The Kier molecular flexibility index (Phi) is 3.12. The molecule has 0 spiro atoms. The van der Waals surface area contributed by atoms with Crippen molar-refractivity contribution in [3.63, 3.8) is 0 Å². The normalized spacial score (nSPS) is 18.8. The molecule has 5 heteroatoms. The van der Waals surface area contributed by atoms with Crippen LogP contribution in [0.5, 0.6) is 0 Å². The number of hydrogen-bond donors (Lipinski definition) is 1. The number of aromatic amines is 1. The van der Waals surface area contributed by atoms with Gasteiger partial charge in [-0.1, -0.05) is 6.92 Å². The summed E-state index contributed by atoms with van der Waals surface area (Å²) >= 11 is 0. The molecule has 0 radical (unpaired) electrons. The maximum atomic E-state index is 12.5. The number of carbonyl (C=O) groups is 1. The zero-order valence-corrected chi connectivity index (χ0v) is 12.2. The molecule has 1 fully saturated rings. The minimum Gasteiger partial charge on any atom is -0.349 e. The van der Waals surface area contributed by atoms with Gasteiger partial charge in [0.25, 0.3) is 5.91 Å². The maximum absolute atomic E-state index is 12.5. The van der Waals surface area contributed by atoms with Gasteiger partial charge in [-0.3, -0.25) is 4.79 Å². The van der Waals surface area contributed by atoms with Crippen molar-refractivity contribution in [1.82, 2.24) is 14.9 Å². The number of nitrogens with zero attached hydrogens (tertiary/aromatic N) is 3. The Balaban J connectivity index is 1.90. The predicted octanol–water partition coefficient (Wildman–Crippen LogP) is 2.11. The fourth-order valence-corrected chi connectivity index (χ4v) is 2.64. The molecule has 1 amide bonds. The van der Waals surface area contributed by atoms with Crippen molar-refractivity contribution in [2.75, 3.05) is 32.1 Å². The summed E-state index contributed by atoms with van der Waals surface area (Å²) in [5.74, 6) is 1.53. The Bertz CT molecular complexity index is 646. The summed E-state index contributed by atoms with van der Waals surface area (Å²) in [7, 11) is 3.88. The number of likely N-dealkylation sites (tertiary alicyclic amines) is 1. The molecule has 1 aliphatic rings. The smallest absolute Gasteiger partial charge is 0.253 e. The summed E-state index contributed by atoms with van der Waals surface area (Å²) in [6, 6.07) is 5.68. The van der Waals surface area contributed by atoms with E-state index >= 15 is 0 Å². The maximum Gasteiger partial charge on any atom is 0.253 e. The van der Waals surface area contributed by atoms with Gasteiger partial charge in [0.2, 0.25) is 5.95 Å². The van der Waals surface area contributed by atoms with Gasteiger partial charge in [-0.25, -0.2) is 4.98 Å². The fraction of sp³-hybridized carbons (Fsp3) is 0.467. The predicted molar refractivity (Wildman–Crippen MR) is 80.1 cm³/mol. The molecule has 1 aromatic carbocycles. The first kappa shape index (κ1) is 13.0. The van der Waals surface area contributed by atoms with E-state index in [1.54, 1.807) is 0 Å². The first-order valence-corrected chi connectivity index (χ1v) is 7.01. The molecule has 1 aliphatic heterocycles. The molecule has 106 valence electrons. The summed E-state index contributed by atoms with van der Waals surface area (Å²) in [4.78, 5) is 24.0. The number of benzene rings is 1. The lowest BCUT2D eigenvalue weighted by Crippen LogP contribution is -2.28. The SMILES string of the molecule is CC1CCN(C(=O)c2ccc3nc(N(C)C)[nH]c3c2)C1. The number of amides is 1. The molecule has 0 bridgehead atoms. The fourth-order valence-electron chi connectivity index (χ4n) is 2.64. The third kappa shape index (κ3) is 2.24. The molecule has 0 aliphatic carbocycles. The van der Waals surface area contributed by atoms with Crippen molar-refractivity contribution < 1.29 is 4.79 Å². The van der Waals surface area contributed by atoms with Crippen molar-refractivity contribution in [2.24, 2.45) is 5.92 Å². The van der Waals surface area contributed by atoms with Gasteiger partial charge in [-0.05, 0) is 30.5 Å². The second-order valence-corrected chi connectivity index (χ2v) is 5.83. The Hall–Kier alpha value is -2.04. The van der Waals surface area contributed by atoms with Crippen LogP contribution in [0.15, 0.2) is 18.2 Å². The van der Waals surface area contributed by atoms with E-state index in [0.717, 1.165) is 42.1 Å². The van der Waals surface area contributed by atoms with Crippen molar-refractivity contribution in [1.29, 1.82) is 0 Å². The summed E-state index contributed by atoms with van der Waals surface area (Å²) in [6.07, 6.45) is 1.10. The Morgan fingerprint density at radius 3 is 2.90 bits per heavy atom. The molecule has 2 aromatic rings. The number of nitrogens with one attached hydrogen (secondary N) is 1. The highest BCUT2D eigenvalue weighted by molar-refractivity contribution is 5.97. The van der Waals surface area contributed by atoms with Crippen LogP contribution in [0.3, 0.4) is 0 Å². The number of carbonyl (C=O) groups excluding carboxylic acids is 1. The Labute approximate surface area is 118 Å². The molecular weight excluding hydrogens is 252 g/mol. The lowest BCUT2D eigenvalue weighted by atomic mass is 10.1. The minimum atomic E-state index is 0.122. The highest BCUT2D eigenvalue weighted by atomic mass is 16.2.